The van der Waals surface area contributed by atoms with E-state index < -0.39 is 33.4 Å². The van der Waals surface area contributed by atoms with E-state index in [9.17, 15) is 39.4 Å². The van der Waals surface area contributed by atoms with Gasteiger partial charge in [-0.2, -0.15) is 0 Å². The van der Waals surface area contributed by atoms with E-state index in [2.05, 4.69) is 14.8 Å². The molecule has 0 unspecified atom stereocenters. The molecule has 0 saturated carbocycles. The zero-order valence-corrected chi connectivity index (χ0v) is 22.1. The number of benzene rings is 2. The van der Waals surface area contributed by atoms with Crippen LogP contribution in [-0.2, 0) is 19.1 Å². The smallest absolute Gasteiger partial charge is 0.341 e. The minimum absolute atomic E-state index is 0.0343. The Hall–Kier alpha value is -5.28. The monoisotopic (exact) mass is 550 g/mol. The zero-order valence-electron chi connectivity index (χ0n) is 22.1. The molecule has 16 nitrogen and oxygen atoms in total. The van der Waals surface area contributed by atoms with Crippen LogP contribution in [0.25, 0.3) is 0 Å². The zero-order chi connectivity index (χ0) is 30.0. The summed E-state index contributed by atoms with van der Waals surface area (Å²) in [7, 11) is 6.30. The lowest BCUT2D eigenvalue weighted by Crippen LogP contribution is -2.24. The van der Waals surface area contributed by atoms with Crippen LogP contribution in [0.1, 0.15) is 34.6 Å². The number of carbonyl (C=O) groups is 4. The van der Waals surface area contributed by atoms with E-state index in [0.717, 1.165) is 31.3 Å². The van der Waals surface area contributed by atoms with Crippen LogP contribution >= 0.6 is 0 Å². The molecule has 2 aromatic carbocycles. The van der Waals surface area contributed by atoms with E-state index in [0.29, 0.717) is 0 Å². The van der Waals surface area contributed by atoms with E-state index in [1.54, 1.807) is 0 Å². The van der Waals surface area contributed by atoms with Crippen LogP contribution in [0.2, 0.25) is 0 Å². The number of nitrogens with zero attached hydrogens (tertiary/aromatic N) is 3. The third-order valence-electron chi connectivity index (χ3n) is 4.96. The number of nitrogens with one attached hydrogen (secondary N) is 1. The second-order valence-corrected chi connectivity index (χ2v) is 7.37. The lowest BCUT2D eigenvalue weighted by atomic mass is 10.1. The number of hydrogen-bond acceptors (Lipinski definition) is 12. The van der Waals surface area contributed by atoms with E-state index in [1.807, 2.05) is 0 Å². The summed E-state index contributed by atoms with van der Waals surface area (Å²) in [6.07, 6.45) is 0. The molecular formula is C23H26N4O12. The molecule has 0 atom stereocenters. The first-order chi connectivity index (χ1) is 18.2. The highest BCUT2D eigenvalue weighted by molar-refractivity contribution is 5.99. The van der Waals surface area contributed by atoms with Gasteiger partial charge in [-0.3, -0.25) is 29.8 Å². The highest BCUT2D eigenvalue weighted by Crippen LogP contribution is 2.35. The van der Waals surface area contributed by atoms with Crippen molar-refractivity contribution in [1.29, 1.82) is 0 Å². The fraction of sp³-hybridized carbons (Fsp3) is 0.304. The molecule has 0 aliphatic heterocycles. The van der Waals surface area contributed by atoms with Gasteiger partial charge in [0.05, 0.1) is 38.3 Å². The number of esters is 2. The Morgan fingerprint density at radius 2 is 1.21 bits per heavy atom. The Bertz CT molecular complexity index is 1310. The van der Waals surface area contributed by atoms with Crippen molar-refractivity contribution in [1.82, 2.24) is 0 Å². The predicted molar refractivity (Wildman–Crippen MR) is 135 cm³/mol. The molecule has 0 saturated heterocycles. The van der Waals surface area contributed by atoms with Crippen molar-refractivity contribution in [2.75, 3.05) is 45.7 Å². The van der Waals surface area contributed by atoms with Gasteiger partial charge in [-0.1, -0.05) is 0 Å². The number of anilines is 2. The predicted octanol–water partition coefficient (Wildman–Crippen LogP) is 2.72. The molecule has 0 aliphatic carbocycles. The third-order valence-corrected chi connectivity index (χ3v) is 4.96. The highest BCUT2D eigenvalue weighted by atomic mass is 16.6. The summed E-state index contributed by atoms with van der Waals surface area (Å²) >= 11 is 0. The highest BCUT2D eigenvalue weighted by Gasteiger charge is 2.26. The number of amides is 2. The van der Waals surface area contributed by atoms with Gasteiger partial charge in [-0.15, -0.1) is 0 Å². The Kier molecular flexibility index (Phi) is 11.3. The molecule has 1 N–H and O–H groups in total. The van der Waals surface area contributed by atoms with Crippen LogP contribution in [-0.4, -0.2) is 69.1 Å². The Balaban J connectivity index is 0.000000391. The Labute approximate surface area is 221 Å². The number of nitro groups is 2. The quantitative estimate of drug-likeness (QED) is 0.286. The first-order valence-corrected chi connectivity index (χ1v) is 10.6. The third kappa shape index (κ3) is 7.85. The summed E-state index contributed by atoms with van der Waals surface area (Å²) < 4.78 is 19.0. The maximum absolute atomic E-state index is 11.6. The first kappa shape index (κ1) is 31.7. The Morgan fingerprint density at radius 1 is 0.769 bits per heavy atom. The van der Waals surface area contributed by atoms with Crippen molar-refractivity contribution in [2.24, 2.45) is 0 Å². The first-order valence-electron chi connectivity index (χ1n) is 10.6. The normalized spacial score (nSPS) is 9.72. The van der Waals surface area contributed by atoms with E-state index >= 15 is 0 Å². The second kappa shape index (κ2) is 13.9. The van der Waals surface area contributed by atoms with Gasteiger partial charge in [0.1, 0.15) is 34.0 Å². The summed E-state index contributed by atoms with van der Waals surface area (Å²) in [5, 5.41) is 24.3. The summed E-state index contributed by atoms with van der Waals surface area (Å²) in [5.74, 6) is -2.24. The van der Waals surface area contributed by atoms with Gasteiger partial charge in [0, 0.05) is 45.2 Å². The molecule has 2 aromatic rings. The number of rotatable bonds is 8. The van der Waals surface area contributed by atoms with E-state index in [4.69, 9.17) is 9.47 Å². The maximum atomic E-state index is 11.6. The van der Waals surface area contributed by atoms with Crippen LogP contribution in [0.15, 0.2) is 24.3 Å². The van der Waals surface area contributed by atoms with Gasteiger partial charge < -0.3 is 29.2 Å². The minimum atomic E-state index is -0.769. The SMILES string of the molecule is COC(=O)c1cc([N+](=O)[O-])c(N(C)C(C)=O)cc1OC.COC(=O)c1cc([N+](=O)[O-])c(NC(C)=O)cc1OC. The molecule has 0 radical (unpaired) electrons. The number of hydrogen-bond donors (Lipinski definition) is 1. The molecule has 16 heteroatoms. The number of carbonyl (C=O) groups excluding carboxylic acids is 4. The summed E-state index contributed by atoms with van der Waals surface area (Å²) in [4.78, 5) is 67.1. The van der Waals surface area contributed by atoms with Gasteiger partial charge in [-0.25, -0.2) is 9.59 Å². The van der Waals surface area contributed by atoms with Crippen molar-refractivity contribution >= 4 is 46.5 Å². The maximum Gasteiger partial charge on any atom is 0.341 e. The molecule has 0 spiro atoms. The molecule has 0 aromatic heterocycles. The fourth-order valence-corrected chi connectivity index (χ4v) is 3.03. The molecule has 0 aliphatic rings. The van der Waals surface area contributed by atoms with Crippen LogP contribution in [0.5, 0.6) is 11.5 Å². The second-order valence-electron chi connectivity index (χ2n) is 7.37. The summed E-state index contributed by atoms with van der Waals surface area (Å²) in [5.41, 5.74) is -0.998. The standard InChI is InChI=1S/C12H14N2O6.C11H12N2O6/c1-7(15)13(2)9-6-11(19-3)8(12(16)20-4)5-10(9)14(17)18;1-6(14)12-8-5-10(18-2)7(11(15)19-3)4-9(8)13(16)17/h5-6H,1-4H3;4-5H,1-3H3,(H,12,14). The van der Waals surface area contributed by atoms with Crippen molar-refractivity contribution < 1.29 is 48.0 Å². The van der Waals surface area contributed by atoms with Crippen LogP contribution in [0, 0.1) is 20.2 Å². The molecule has 39 heavy (non-hydrogen) atoms. The molecular weight excluding hydrogens is 524 g/mol. The van der Waals surface area contributed by atoms with Crippen LogP contribution in [0.3, 0.4) is 0 Å². The molecule has 2 rings (SSSR count). The van der Waals surface area contributed by atoms with Crippen molar-refractivity contribution in [3.05, 3.63) is 55.6 Å². The average Bonchev–Trinajstić information content (AvgIpc) is 2.90. The lowest BCUT2D eigenvalue weighted by molar-refractivity contribution is -0.384. The molecule has 2 amide bonds. The molecule has 0 bridgehead atoms. The summed E-state index contributed by atoms with van der Waals surface area (Å²) in [6, 6.07) is 4.48. The van der Waals surface area contributed by atoms with Crippen LogP contribution in [0.4, 0.5) is 22.7 Å². The topological polar surface area (TPSA) is 207 Å². The van der Waals surface area contributed by atoms with Gasteiger partial charge in [0.25, 0.3) is 11.4 Å². The van der Waals surface area contributed by atoms with Gasteiger partial charge in [-0.05, 0) is 0 Å². The van der Waals surface area contributed by atoms with Gasteiger partial charge in [0.15, 0.2) is 0 Å². The average molecular weight is 550 g/mol. The van der Waals surface area contributed by atoms with Crippen molar-refractivity contribution in [3.8, 4) is 11.5 Å². The minimum Gasteiger partial charge on any atom is -0.496 e. The number of methoxy groups -OCH3 is 4. The van der Waals surface area contributed by atoms with E-state index in [-0.39, 0.29) is 45.6 Å². The fourth-order valence-electron chi connectivity index (χ4n) is 3.03. The van der Waals surface area contributed by atoms with Gasteiger partial charge in [0.2, 0.25) is 11.8 Å². The van der Waals surface area contributed by atoms with Crippen molar-refractivity contribution in [3.63, 3.8) is 0 Å². The number of nitro benzene ring substituents is 2. The van der Waals surface area contributed by atoms with Crippen molar-refractivity contribution in [2.45, 2.75) is 13.8 Å². The molecule has 210 valence electrons. The molecule has 0 fully saturated rings. The number of ether oxygens (including phenoxy) is 4. The largest absolute Gasteiger partial charge is 0.496 e. The summed E-state index contributed by atoms with van der Waals surface area (Å²) in [6.45, 7) is 2.48. The molecule has 0 heterocycles. The lowest BCUT2D eigenvalue weighted by Gasteiger charge is -2.17. The van der Waals surface area contributed by atoms with Gasteiger partial charge >= 0.3 is 11.9 Å². The van der Waals surface area contributed by atoms with Crippen LogP contribution < -0.4 is 19.7 Å². The van der Waals surface area contributed by atoms with E-state index in [1.165, 1.54) is 47.2 Å². The Morgan fingerprint density at radius 3 is 1.56 bits per heavy atom.